The third-order valence-corrected chi connectivity index (χ3v) is 4.62. The molecule has 1 aliphatic rings. The van der Waals surface area contributed by atoms with Gasteiger partial charge in [0.2, 0.25) is 0 Å². The third kappa shape index (κ3) is 5.54. The van der Waals surface area contributed by atoms with Crippen LogP contribution in [0.25, 0.3) is 5.47 Å². The summed E-state index contributed by atoms with van der Waals surface area (Å²) in [6.07, 6.45) is 3.21. The van der Waals surface area contributed by atoms with Crippen molar-refractivity contribution >= 4 is 25.2 Å². The Morgan fingerprint density at radius 1 is 1.19 bits per heavy atom. The first-order valence-corrected chi connectivity index (χ1v) is 8.89. The lowest BCUT2D eigenvalue weighted by Gasteiger charge is -2.32. The van der Waals surface area contributed by atoms with Crippen LogP contribution in [0.5, 0.6) is 0 Å². The van der Waals surface area contributed by atoms with Crippen molar-refractivity contribution in [3.63, 3.8) is 0 Å². The molecule has 0 saturated carbocycles. The Balaban J connectivity index is 0.000000828. The zero-order valence-corrected chi connectivity index (χ0v) is 17.6. The summed E-state index contributed by atoms with van der Waals surface area (Å²) in [6, 6.07) is 1.64. The summed E-state index contributed by atoms with van der Waals surface area (Å²) in [5, 5.41) is 0. The number of carbonyl (C=O) groups excluding carboxylic acids is 2. The van der Waals surface area contributed by atoms with Crippen molar-refractivity contribution < 1.29 is 23.6 Å². The lowest BCUT2D eigenvalue weighted by atomic mass is 9.74. The van der Waals surface area contributed by atoms with Gasteiger partial charge in [-0.25, -0.2) is 0 Å². The summed E-state index contributed by atoms with van der Waals surface area (Å²) in [6.45, 7) is 10.6. The van der Waals surface area contributed by atoms with Gasteiger partial charge in [0.1, 0.15) is 0 Å². The van der Waals surface area contributed by atoms with E-state index in [1.54, 1.807) is 13.2 Å². The highest BCUT2D eigenvalue weighted by molar-refractivity contribution is 6.69. The van der Waals surface area contributed by atoms with E-state index in [0.717, 1.165) is 6.61 Å². The zero-order valence-electron chi connectivity index (χ0n) is 17.6. The molecule has 1 saturated heterocycles. The van der Waals surface area contributed by atoms with Crippen LogP contribution in [0.15, 0.2) is 12.3 Å². The average Bonchev–Trinajstić information content (AvgIpc) is 3.10. The summed E-state index contributed by atoms with van der Waals surface area (Å²) in [5.74, 6) is 0. The maximum atomic E-state index is 11.3. The first-order valence-electron chi connectivity index (χ1n) is 8.89. The molecule has 1 N–H and O–H groups in total. The number of carbonyl (C=O) groups is 2. The quantitative estimate of drug-likeness (QED) is 0.606. The van der Waals surface area contributed by atoms with Crippen LogP contribution in [-0.4, -0.2) is 68.6 Å². The van der Waals surface area contributed by atoms with Crippen molar-refractivity contribution in [2.75, 3.05) is 27.8 Å². The van der Waals surface area contributed by atoms with E-state index in [-0.39, 0.29) is 0 Å². The van der Waals surface area contributed by atoms with Gasteiger partial charge in [-0.3, -0.25) is 9.59 Å². The molecule has 0 amide bonds. The minimum Gasteiger partial charge on any atom is -0.399 e. The molecule has 0 radical (unpaired) electrons. The van der Waals surface area contributed by atoms with E-state index in [4.69, 9.17) is 9.31 Å². The van der Waals surface area contributed by atoms with Crippen molar-refractivity contribution in [1.82, 2.24) is 9.88 Å². The fourth-order valence-corrected chi connectivity index (χ4v) is 2.39. The second kappa shape index (κ2) is 9.35. The maximum Gasteiger partial charge on any atom is 0.497 e. The summed E-state index contributed by atoms with van der Waals surface area (Å²) in [7, 11) is 4.80. The SMILES string of the molecule is CCOC.CN(C)/C=C(/B1OC(C)(C)C(C)(C)O1)c1cc(C=O)[nH]c1C=O. The molecule has 1 aromatic heterocycles. The molecule has 2 heterocycles. The van der Waals surface area contributed by atoms with Gasteiger partial charge < -0.3 is 23.9 Å². The molecule has 7 nitrogen and oxygen atoms in total. The molecule has 0 bridgehead atoms. The van der Waals surface area contributed by atoms with Crippen molar-refractivity contribution in [2.24, 2.45) is 0 Å². The number of aldehydes is 2. The standard InChI is InChI=1S/C16H23BN2O4.C3H8O/c1-15(2)16(3,4)23-17(22-15)13(8-19(5)6)12-7-11(9-20)18-14(12)10-21;1-3-4-2/h7-10,18H,1-6H3;3H2,1-2H3/b13-8+;. The number of methoxy groups -OCH3 is 1. The lowest BCUT2D eigenvalue weighted by molar-refractivity contribution is 0.00578. The summed E-state index contributed by atoms with van der Waals surface area (Å²) >= 11 is 0. The lowest BCUT2D eigenvalue weighted by Crippen LogP contribution is -2.41. The Kier molecular flexibility index (Phi) is 8.01. The van der Waals surface area contributed by atoms with Gasteiger partial charge >= 0.3 is 7.12 Å². The van der Waals surface area contributed by atoms with Crippen LogP contribution in [0.2, 0.25) is 0 Å². The number of H-pyrrole nitrogens is 1. The monoisotopic (exact) mass is 378 g/mol. The number of rotatable bonds is 6. The number of aromatic amines is 1. The molecule has 0 spiro atoms. The van der Waals surface area contributed by atoms with Crippen LogP contribution in [0.4, 0.5) is 0 Å². The number of nitrogens with one attached hydrogen (secondary N) is 1. The van der Waals surface area contributed by atoms with Crippen LogP contribution >= 0.6 is 0 Å². The minimum atomic E-state index is -0.628. The topological polar surface area (TPSA) is 80.9 Å². The fourth-order valence-electron chi connectivity index (χ4n) is 2.39. The molecule has 2 rings (SSSR count). The van der Waals surface area contributed by atoms with E-state index >= 15 is 0 Å². The molecular weight excluding hydrogens is 347 g/mol. The Morgan fingerprint density at radius 3 is 2.07 bits per heavy atom. The van der Waals surface area contributed by atoms with Crippen LogP contribution in [0.1, 0.15) is 61.2 Å². The average molecular weight is 378 g/mol. The number of ether oxygens (including phenoxy) is 1. The molecule has 0 aliphatic carbocycles. The molecular formula is C19H31BN2O5. The van der Waals surface area contributed by atoms with Crippen molar-refractivity contribution in [3.05, 3.63) is 29.2 Å². The normalized spacial score (nSPS) is 17.9. The first-order chi connectivity index (χ1) is 12.5. The Morgan fingerprint density at radius 2 is 1.70 bits per heavy atom. The van der Waals surface area contributed by atoms with Crippen molar-refractivity contribution in [3.8, 4) is 0 Å². The van der Waals surface area contributed by atoms with Gasteiger partial charge in [-0.1, -0.05) is 0 Å². The van der Waals surface area contributed by atoms with E-state index < -0.39 is 18.3 Å². The molecule has 27 heavy (non-hydrogen) atoms. The molecule has 0 atom stereocenters. The van der Waals surface area contributed by atoms with E-state index in [1.807, 2.05) is 59.8 Å². The van der Waals surface area contributed by atoms with E-state index in [9.17, 15) is 9.59 Å². The predicted molar refractivity (Wildman–Crippen MR) is 107 cm³/mol. The predicted octanol–water partition coefficient (Wildman–Crippen LogP) is 2.83. The van der Waals surface area contributed by atoms with E-state index in [0.29, 0.717) is 35.0 Å². The molecule has 150 valence electrons. The minimum absolute atomic E-state index is 0.329. The Bertz CT molecular complexity index is 662. The second-order valence-corrected chi connectivity index (χ2v) is 7.50. The van der Waals surface area contributed by atoms with Crippen LogP contribution < -0.4 is 0 Å². The first kappa shape index (κ1) is 23.1. The highest BCUT2D eigenvalue weighted by atomic mass is 16.7. The maximum absolute atomic E-state index is 11.3. The van der Waals surface area contributed by atoms with Gasteiger partial charge in [-0.15, -0.1) is 0 Å². The Hall–Kier alpha value is -1.90. The Labute approximate surface area is 162 Å². The van der Waals surface area contributed by atoms with Crippen molar-refractivity contribution in [1.29, 1.82) is 0 Å². The molecule has 0 unspecified atom stereocenters. The third-order valence-electron chi connectivity index (χ3n) is 4.62. The number of nitrogens with zero attached hydrogens (tertiary/aromatic N) is 1. The summed E-state index contributed by atoms with van der Waals surface area (Å²) in [4.78, 5) is 27.0. The fraction of sp³-hybridized carbons (Fsp3) is 0.579. The van der Waals surface area contributed by atoms with E-state index in [1.165, 1.54) is 0 Å². The molecule has 1 aliphatic heterocycles. The van der Waals surface area contributed by atoms with Crippen LogP contribution in [-0.2, 0) is 14.0 Å². The van der Waals surface area contributed by atoms with Gasteiger partial charge in [-0.05, 0) is 46.9 Å². The van der Waals surface area contributed by atoms with Gasteiger partial charge in [0.25, 0.3) is 0 Å². The van der Waals surface area contributed by atoms with Gasteiger partial charge in [0, 0.05) is 38.8 Å². The molecule has 8 heteroatoms. The summed E-state index contributed by atoms with van der Waals surface area (Å²) < 4.78 is 16.7. The number of aromatic nitrogens is 1. The van der Waals surface area contributed by atoms with Crippen molar-refractivity contribution in [2.45, 2.75) is 45.8 Å². The van der Waals surface area contributed by atoms with Crippen LogP contribution in [0.3, 0.4) is 0 Å². The molecule has 1 fully saturated rings. The smallest absolute Gasteiger partial charge is 0.399 e. The van der Waals surface area contributed by atoms with Crippen LogP contribution in [0, 0.1) is 0 Å². The largest absolute Gasteiger partial charge is 0.497 e. The second-order valence-electron chi connectivity index (χ2n) is 7.50. The zero-order chi connectivity index (χ0) is 20.8. The number of hydrogen-bond acceptors (Lipinski definition) is 6. The number of hydrogen-bond donors (Lipinski definition) is 1. The van der Waals surface area contributed by atoms with E-state index in [2.05, 4.69) is 9.72 Å². The van der Waals surface area contributed by atoms with Gasteiger partial charge in [0.05, 0.1) is 22.6 Å². The van der Waals surface area contributed by atoms with Gasteiger partial charge in [-0.2, -0.15) is 0 Å². The highest BCUT2D eigenvalue weighted by Gasteiger charge is 2.53. The molecule has 1 aromatic rings. The van der Waals surface area contributed by atoms with Gasteiger partial charge in [0.15, 0.2) is 12.6 Å². The summed E-state index contributed by atoms with van der Waals surface area (Å²) in [5.41, 5.74) is 0.982. The highest BCUT2D eigenvalue weighted by Crippen LogP contribution is 2.41. The molecule has 0 aromatic carbocycles.